The highest BCUT2D eigenvalue weighted by Crippen LogP contribution is 2.33. The quantitative estimate of drug-likeness (QED) is 0.603. The van der Waals surface area contributed by atoms with Crippen LogP contribution in [0, 0.1) is 23.4 Å². The number of benzene rings is 2. The summed E-state index contributed by atoms with van der Waals surface area (Å²) in [5, 5.41) is 2.64. The number of aromatic amines is 1. The van der Waals surface area contributed by atoms with E-state index in [9.17, 15) is 27.6 Å². The molecule has 2 aromatic carbocycles. The molecule has 2 atom stereocenters. The molecule has 3 aromatic rings. The molecule has 0 bridgehead atoms. The van der Waals surface area contributed by atoms with Gasteiger partial charge in [-0.15, -0.1) is 0 Å². The normalized spacial score (nSPS) is 16.5. The summed E-state index contributed by atoms with van der Waals surface area (Å²) >= 11 is 0. The van der Waals surface area contributed by atoms with Gasteiger partial charge in [0.1, 0.15) is 23.5 Å². The summed E-state index contributed by atoms with van der Waals surface area (Å²) in [7, 11) is 0. The summed E-state index contributed by atoms with van der Waals surface area (Å²) in [5.41, 5.74) is -1.29. The first-order valence-electron chi connectivity index (χ1n) is 11.0. The van der Waals surface area contributed by atoms with E-state index in [2.05, 4.69) is 10.3 Å². The number of fused-ring (bicyclic) bond motifs is 1. The first-order valence-corrected chi connectivity index (χ1v) is 11.0. The van der Waals surface area contributed by atoms with Crippen LogP contribution in [0.25, 0.3) is 10.9 Å². The Bertz CT molecular complexity index is 1310. The number of aromatic nitrogens is 2. The van der Waals surface area contributed by atoms with E-state index in [4.69, 9.17) is 0 Å². The van der Waals surface area contributed by atoms with E-state index in [1.807, 2.05) is 0 Å². The number of hydrogen-bond donors (Lipinski definition) is 2. The van der Waals surface area contributed by atoms with E-state index < -0.39 is 46.7 Å². The van der Waals surface area contributed by atoms with Gasteiger partial charge in [0, 0.05) is 11.6 Å². The van der Waals surface area contributed by atoms with Gasteiger partial charge in [-0.1, -0.05) is 25.3 Å². The molecule has 9 heteroatoms. The summed E-state index contributed by atoms with van der Waals surface area (Å²) in [6.45, 7) is 1.54. The number of hydrogen-bond acceptors (Lipinski definition) is 3. The fourth-order valence-corrected chi connectivity index (χ4v) is 4.67. The predicted octanol–water partition coefficient (Wildman–Crippen LogP) is 4.11. The molecular formula is C24H24F3N3O3. The number of carbonyl (C=O) groups excluding carboxylic acids is 1. The van der Waals surface area contributed by atoms with Gasteiger partial charge in [0.25, 0.3) is 5.56 Å². The van der Waals surface area contributed by atoms with Gasteiger partial charge in [-0.05, 0) is 49.9 Å². The highest BCUT2D eigenvalue weighted by Gasteiger charge is 2.34. The van der Waals surface area contributed by atoms with Gasteiger partial charge in [0.05, 0.1) is 16.9 Å². The van der Waals surface area contributed by atoms with Crippen LogP contribution in [0.15, 0.2) is 46.0 Å². The SMILES string of the molecule is C[C@@H](NC(=O)[C@@H](C1CCCCC1)n1c(=O)[nH]c2ccc(F)cc2c1=O)c1ccc(F)cc1F. The number of nitrogens with one attached hydrogen (secondary N) is 2. The fraction of sp³-hybridized carbons (Fsp3) is 0.375. The Morgan fingerprint density at radius 2 is 1.70 bits per heavy atom. The summed E-state index contributed by atoms with van der Waals surface area (Å²) in [6, 6.07) is 4.52. The molecule has 1 heterocycles. The average molecular weight is 459 g/mol. The molecule has 0 radical (unpaired) electrons. The third kappa shape index (κ3) is 4.58. The largest absolute Gasteiger partial charge is 0.348 e. The van der Waals surface area contributed by atoms with Gasteiger partial charge in [0.15, 0.2) is 0 Å². The van der Waals surface area contributed by atoms with Crippen molar-refractivity contribution in [3.63, 3.8) is 0 Å². The number of rotatable bonds is 5. The van der Waals surface area contributed by atoms with Gasteiger partial charge in [-0.3, -0.25) is 9.59 Å². The van der Waals surface area contributed by atoms with Crippen LogP contribution in [0.3, 0.4) is 0 Å². The van der Waals surface area contributed by atoms with Crippen molar-refractivity contribution in [3.8, 4) is 0 Å². The fourth-order valence-electron chi connectivity index (χ4n) is 4.67. The first-order chi connectivity index (χ1) is 15.8. The smallest absolute Gasteiger partial charge is 0.329 e. The minimum Gasteiger partial charge on any atom is -0.348 e. The summed E-state index contributed by atoms with van der Waals surface area (Å²) in [4.78, 5) is 42.1. The standard InChI is InChI=1S/C24H24F3N3O3/c1-13(17-9-7-16(26)12-19(17)27)28-22(31)21(14-5-3-2-4-6-14)30-23(32)18-11-15(25)8-10-20(18)29-24(30)33/h7-14,21H,2-6H2,1H3,(H,28,31)(H,29,33)/t13-,21-/m1/s1. The van der Waals surface area contributed by atoms with Crippen LogP contribution in [-0.4, -0.2) is 15.5 Å². The van der Waals surface area contributed by atoms with Crippen LogP contribution in [-0.2, 0) is 4.79 Å². The Balaban J connectivity index is 1.77. The highest BCUT2D eigenvalue weighted by atomic mass is 19.1. The van der Waals surface area contributed by atoms with E-state index in [1.54, 1.807) is 0 Å². The van der Waals surface area contributed by atoms with Crippen LogP contribution < -0.4 is 16.6 Å². The van der Waals surface area contributed by atoms with E-state index in [0.29, 0.717) is 12.8 Å². The highest BCUT2D eigenvalue weighted by molar-refractivity contribution is 5.82. The Labute approximate surface area is 187 Å². The van der Waals surface area contributed by atoms with Crippen molar-refractivity contribution in [3.05, 3.63) is 80.3 Å². The zero-order valence-corrected chi connectivity index (χ0v) is 18.0. The van der Waals surface area contributed by atoms with Gasteiger partial charge >= 0.3 is 5.69 Å². The lowest BCUT2D eigenvalue weighted by molar-refractivity contribution is -0.127. The van der Waals surface area contributed by atoms with Crippen molar-refractivity contribution in [1.82, 2.24) is 14.9 Å². The van der Waals surface area contributed by atoms with E-state index in [0.717, 1.165) is 48.1 Å². The lowest BCUT2D eigenvalue weighted by Crippen LogP contribution is -2.48. The molecule has 6 nitrogen and oxygen atoms in total. The lowest BCUT2D eigenvalue weighted by atomic mass is 9.83. The van der Waals surface area contributed by atoms with E-state index in [-0.39, 0.29) is 22.4 Å². The topological polar surface area (TPSA) is 84.0 Å². The molecule has 0 aliphatic heterocycles. The van der Waals surface area contributed by atoms with Crippen molar-refractivity contribution in [2.24, 2.45) is 5.92 Å². The number of amides is 1. The van der Waals surface area contributed by atoms with Crippen molar-refractivity contribution in [2.45, 2.75) is 51.1 Å². The molecule has 1 aromatic heterocycles. The summed E-state index contributed by atoms with van der Waals surface area (Å²) < 4.78 is 42.2. The molecule has 0 saturated heterocycles. The molecule has 1 aliphatic carbocycles. The van der Waals surface area contributed by atoms with Crippen molar-refractivity contribution >= 4 is 16.8 Å². The van der Waals surface area contributed by atoms with Crippen molar-refractivity contribution in [1.29, 1.82) is 0 Å². The van der Waals surface area contributed by atoms with Gasteiger partial charge in [-0.2, -0.15) is 0 Å². The molecule has 33 heavy (non-hydrogen) atoms. The molecular weight excluding hydrogens is 435 g/mol. The molecule has 0 unspecified atom stereocenters. The second-order valence-electron chi connectivity index (χ2n) is 8.53. The zero-order chi connectivity index (χ0) is 23.7. The number of halogens is 3. The van der Waals surface area contributed by atoms with Gasteiger partial charge in [0.2, 0.25) is 5.91 Å². The summed E-state index contributed by atoms with van der Waals surface area (Å²) in [6.07, 6.45) is 3.92. The maximum atomic E-state index is 14.2. The molecule has 1 fully saturated rings. The number of H-pyrrole nitrogens is 1. The predicted molar refractivity (Wildman–Crippen MR) is 117 cm³/mol. The Kier molecular flexibility index (Phi) is 6.40. The van der Waals surface area contributed by atoms with Crippen LogP contribution >= 0.6 is 0 Å². The molecule has 2 N–H and O–H groups in total. The Morgan fingerprint density at radius 3 is 2.39 bits per heavy atom. The minimum absolute atomic E-state index is 0.0409. The van der Waals surface area contributed by atoms with E-state index >= 15 is 0 Å². The number of carbonyl (C=O) groups is 1. The van der Waals surface area contributed by atoms with Crippen LogP contribution in [0.4, 0.5) is 13.2 Å². The van der Waals surface area contributed by atoms with Gasteiger partial charge < -0.3 is 10.3 Å². The maximum absolute atomic E-state index is 14.2. The monoisotopic (exact) mass is 459 g/mol. The second kappa shape index (κ2) is 9.25. The molecule has 1 aliphatic rings. The van der Waals surface area contributed by atoms with Crippen molar-refractivity contribution in [2.75, 3.05) is 0 Å². The Hall–Kier alpha value is -3.36. The Morgan fingerprint density at radius 1 is 1.03 bits per heavy atom. The second-order valence-corrected chi connectivity index (χ2v) is 8.53. The molecule has 4 rings (SSSR count). The third-order valence-corrected chi connectivity index (χ3v) is 6.32. The van der Waals surface area contributed by atoms with Crippen LogP contribution in [0.2, 0.25) is 0 Å². The number of nitrogens with zero attached hydrogens (tertiary/aromatic N) is 1. The average Bonchev–Trinajstić information content (AvgIpc) is 2.77. The van der Waals surface area contributed by atoms with E-state index in [1.165, 1.54) is 19.1 Å². The van der Waals surface area contributed by atoms with Gasteiger partial charge in [-0.25, -0.2) is 22.5 Å². The summed E-state index contributed by atoms with van der Waals surface area (Å²) in [5.74, 6) is -3.11. The minimum atomic E-state index is -1.15. The molecule has 0 spiro atoms. The van der Waals surface area contributed by atoms with Crippen LogP contribution in [0.5, 0.6) is 0 Å². The maximum Gasteiger partial charge on any atom is 0.329 e. The lowest BCUT2D eigenvalue weighted by Gasteiger charge is -2.31. The third-order valence-electron chi connectivity index (χ3n) is 6.32. The molecule has 174 valence electrons. The molecule has 1 amide bonds. The van der Waals surface area contributed by atoms with Crippen LogP contribution in [0.1, 0.15) is 56.7 Å². The molecule has 1 saturated carbocycles. The first kappa shape index (κ1) is 22.8. The zero-order valence-electron chi connectivity index (χ0n) is 18.0. The van der Waals surface area contributed by atoms with Crippen molar-refractivity contribution < 1.29 is 18.0 Å².